The van der Waals surface area contributed by atoms with Crippen molar-refractivity contribution >= 4 is 40.5 Å². The number of nitrogens with one attached hydrogen (secondary N) is 1. The highest BCUT2D eigenvalue weighted by atomic mass is 32.1. The van der Waals surface area contributed by atoms with Crippen LogP contribution in [-0.4, -0.2) is 24.4 Å². The minimum absolute atomic E-state index is 0.00110. The van der Waals surface area contributed by atoms with Crippen LogP contribution in [0.1, 0.15) is 28.5 Å². The second-order valence-electron chi connectivity index (χ2n) is 7.72. The van der Waals surface area contributed by atoms with Gasteiger partial charge in [0.1, 0.15) is 0 Å². The first-order chi connectivity index (χ1) is 16.0. The van der Waals surface area contributed by atoms with E-state index in [2.05, 4.69) is 5.32 Å². The van der Waals surface area contributed by atoms with Crippen LogP contribution in [0.25, 0.3) is 0 Å². The van der Waals surface area contributed by atoms with E-state index >= 15 is 0 Å². The van der Waals surface area contributed by atoms with Crippen molar-refractivity contribution in [2.75, 3.05) is 16.8 Å². The van der Waals surface area contributed by atoms with Crippen molar-refractivity contribution in [1.82, 2.24) is 0 Å². The molecule has 166 valence electrons. The molecule has 1 saturated heterocycles. The summed E-state index contributed by atoms with van der Waals surface area (Å²) in [6.07, 6.45) is 0.00110. The maximum absolute atomic E-state index is 13.0. The summed E-state index contributed by atoms with van der Waals surface area (Å²) in [5, 5.41) is 13.5. The fraction of sp³-hybridized carbons (Fsp3) is 0.200. The molecule has 0 aliphatic carbocycles. The highest BCUT2D eigenvalue weighted by molar-refractivity contribution is 7.10. The lowest BCUT2D eigenvalue weighted by Crippen LogP contribution is -2.31. The van der Waals surface area contributed by atoms with Gasteiger partial charge in [-0.2, -0.15) is 5.26 Å². The zero-order valence-corrected chi connectivity index (χ0v) is 18.7. The Hall–Kier alpha value is -3.96. The van der Waals surface area contributed by atoms with Gasteiger partial charge in [0.15, 0.2) is 6.61 Å². The maximum atomic E-state index is 13.0. The minimum atomic E-state index is -0.729. The third-order valence-corrected chi connectivity index (χ3v) is 6.34. The van der Waals surface area contributed by atoms with Crippen LogP contribution in [0.5, 0.6) is 0 Å². The van der Waals surface area contributed by atoms with Crippen molar-refractivity contribution in [3.8, 4) is 6.07 Å². The number of hydrogen-bond acceptors (Lipinski definition) is 6. The SMILES string of the molecule is Cc1ccc(N2C(=O)CC(C(=O)OCC(=O)Nc3cccc(C#N)c3)C2c2cccs2)cc1. The number of hydrogen-bond donors (Lipinski definition) is 1. The Kier molecular flexibility index (Phi) is 6.52. The lowest BCUT2D eigenvalue weighted by atomic mass is 9.99. The molecule has 2 heterocycles. The van der Waals surface area contributed by atoms with Crippen molar-refractivity contribution in [3.63, 3.8) is 0 Å². The number of carbonyl (C=O) groups is 3. The molecule has 1 aliphatic rings. The number of aryl methyl sites for hydroxylation is 1. The molecule has 0 bridgehead atoms. The van der Waals surface area contributed by atoms with Crippen LogP contribution >= 0.6 is 11.3 Å². The Morgan fingerprint density at radius 2 is 1.97 bits per heavy atom. The summed E-state index contributed by atoms with van der Waals surface area (Å²) in [7, 11) is 0. The van der Waals surface area contributed by atoms with E-state index in [1.165, 1.54) is 17.4 Å². The number of benzene rings is 2. The molecule has 1 aromatic heterocycles. The lowest BCUT2D eigenvalue weighted by Gasteiger charge is -2.27. The summed E-state index contributed by atoms with van der Waals surface area (Å²) >= 11 is 1.47. The van der Waals surface area contributed by atoms with Crippen LogP contribution in [0, 0.1) is 24.2 Å². The molecule has 2 unspecified atom stereocenters. The van der Waals surface area contributed by atoms with Gasteiger partial charge in [0.05, 0.1) is 23.6 Å². The molecule has 1 N–H and O–H groups in total. The van der Waals surface area contributed by atoms with Gasteiger partial charge >= 0.3 is 5.97 Å². The summed E-state index contributed by atoms with van der Waals surface area (Å²) < 4.78 is 5.31. The molecule has 4 rings (SSSR count). The van der Waals surface area contributed by atoms with Gasteiger partial charge in [-0.05, 0) is 48.7 Å². The summed E-state index contributed by atoms with van der Waals surface area (Å²) in [6, 6.07) is 19.3. The molecule has 1 aliphatic heterocycles. The summed E-state index contributed by atoms with van der Waals surface area (Å²) in [6.45, 7) is 1.48. The van der Waals surface area contributed by atoms with Crippen molar-refractivity contribution in [1.29, 1.82) is 5.26 Å². The van der Waals surface area contributed by atoms with Crippen molar-refractivity contribution in [2.45, 2.75) is 19.4 Å². The summed E-state index contributed by atoms with van der Waals surface area (Å²) in [4.78, 5) is 40.7. The van der Waals surface area contributed by atoms with E-state index in [4.69, 9.17) is 10.00 Å². The largest absolute Gasteiger partial charge is 0.455 e. The number of esters is 1. The number of thiophene rings is 1. The first kappa shape index (κ1) is 22.2. The average molecular weight is 460 g/mol. The second-order valence-corrected chi connectivity index (χ2v) is 8.70. The minimum Gasteiger partial charge on any atom is -0.455 e. The topological polar surface area (TPSA) is 99.5 Å². The second kappa shape index (κ2) is 9.67. The molecule has 0 saturated carbocycles. The Morgan fingerprint density at radius 1 is 1.18 bits per heavy atom. The number of carbonyl (C=O) groups excluding carboxylic acids is 3. The van der Waals surface area contributed by atoms with E-state index in [0.29, 0.717) is 11.3 Å². The Balaban J connectivity index is 1.48. The van der Waals surface area contributed by atoms with Gasteiger partial charge in [-0.15, -0.1) is 11.3 Å². The average Bonchev–Trinajstić information content (AvgIpc) is 3.46. The van der Waals surface area contributed by atoms with Gasteiger partial charge in [0, 0.05) is 22.7 Å². The van der Waals surface area contributed by atoms with E-state index in [1.54, 1.807) is 23.1 Å². The monoisotopic (exact) mass is 459 g/mol. The Bertz CT molecular complexity index is 1220. The predicted octanol–water partition coefficient (Wildman–Crippen LogP) is 4.20. The maximum Gasteiger partial charge on any atom is 0.312 e. The molecule has 0 spiro atoms. The van der Waals surface area contributed by atoms with Crippen LogP contribution in [0.2, 0.25) is 0 Å². The van der Waals surface area contributed by atoms with Crippen molar-refractivity contribution in [3.05, 3.63) is 82.0 Å². The molecule has 8 heteroatoms. The van der Waals surface area contributed by atoms with Gasteiger partial charge in [0.2, 0.25) is 5.91 Å². The Morgan fingerprint density at radius 3 is 2.67 bits per heavy atom. The number of nitrogens with zero attached hydrogens (tertiary/aromatic N) is 2. The summed E-state index contributed by atoms with van der Waals surface area (Å²) in [5.41, 5.74) is 2.63. The van der Waals surface area contributed by atoms with E-state index in [-0.39, 0.29) is 12.3 Å². The van der Waals surface area contributed by atoms with Crippen LogP contribution in [0.4, 0.5) is 11.4 Å². The molecule has 7 nitrogen and oxygen atoms in total. The molecular formula is C25H21N3O4S. The number of amides is 2. The van der Waals surface area contributed by atoms with E-state index < -0.39 is 30.4 Å². The van der Waals surface area contributed by atoms with Gasteiger partial charge in [0.25, 0.3) is 5.91 Å². The van der Waals surface area contributed by atoms with Gasteiger partial charge in [-0.1, -0.05) is 29.8 Å². The smallest absolute Gasteiger partial charge is 0.312 e. The highest BCUT2D eigenvalue weighted by Crippen LogP contribution is 2.43. The molecule has 33 heavy (non-hydrogen) atoms. The first-order valence-electron chi connectivity index (χ1n) is 10.3. The molecule has 2 amide bonds. The Labute approximate surface area is 195 Å². The standard InChI is InChI=1S/C25H21N3O4S/c1-16-7-9-19(10-8-16)28-23(30)13-20(24(28)21-6-3-11-33-21)25(31)32-15-22(29)27-18-5-2-4-17(12-18)14-26/h2-12,20,24H,13,15H2,1H3,(H,27,29). The van der Waals surface area contributed by atoms with E-state index in [9.17, 15) is 14.4 Å². The highest BCUT2D eigenvalue weighted by Gasteiger charge is 2.46. The number of nitriles is 1. The molecule has 1 fully saturated rings. The number of rotatable bonds is 6. The van der Waals surface area contributed by atoms with Crippen LogP contribution in [0.3, 0.4) is 0 Å². The number of anilines is 2. The lowest BCUT2D eigenvalue weighted by molar-refractivity contribution is -0.152. The van der Waals surface area contributed by atoms with E-state index in [0.717, 1.165) is 16.1 Å². The zero-order valence-electron chi connectivity index (χ0n) is 17.9. The molecular weight excluding hydrogens is 438 g/mol. The fourth-order valence-electron chi connectivity index (χ4n) is 3.85. The summed E-state index contributed by atoms with van der Waals surface area (Å²) in [5.74, 6) is -2.02. The zero-order chi connectivity index (χ0) is 23.4. The van der Waals surface area contributed by atoms with Crippen LogP contribution < -0.4 is 10.2 Å². The normalized spacial score (nSPS) is 17.5. The van der Waals surface area contributed by atoms with Crippen molar-refractivity contribution < 1.29 is 19.1 Å². The van der Waals surface area contributed by atoms with Gasteiger partial charge in [-0.25, -0.2) is 0 Å². The fourth-order valence-corrected chi connectivity index (χ4v) is 4.73. The van der Waals surface area contributed by atoms with Gasteiger partial charge in [-0.3, -0.25) is 14.4 Å². The quantitative estimate of drug-likeness (QED) is 0.557. The third kappa shape index (κ3) is 4.94. The van der Waals surface area contributed by atoms with Crippen LogP contribution in [0.15, 0.2) is 66.0 Å². The first-order valence-corrected chi connectivity index (χ1v) is 11.2. The third-order valence-electron chi connectivity index (χ3n) is 5.39. The van der Waals surface area contributed by atoms with Crippen molar-refractivity contribution in [2.24, 2.45) is 5.92 Å². The molecule has 0 radical (unpaired) electrons. The number of ether oxygens (including phenoxy) is 1. The molecule has 2 atom stereocenters. The molecule has 3 aromatic rings. The van der Waals surface area contributed by atoms with Crippen LogP contribution in [-0.2, 0) is 19.1 Å². The predicted molar refractivity (Wildman–Crippen MR) is 125 cm³/mol. The van der Waals surface area contributed by atoms with E-state index in [1.807, 2.05) is 54.8 Å². The molecule has 2 aromatic carbocycles. The van der Waals surface area contributed by atoms with Gasteiger partial charge < -0.3 is 15.0 Å².